The van der Waals surface area contributed by atoms with Crippen molar-refractivity contribution in [3.8, 4) is 5.75 Å². The topological polar surface area (TPSA) is 9.23 Å². The van der Waals surface area contributed by atoms with Gasteiger partial charge in [0.25, 0.3) is 0 Å². The lowest BCUT2D eigenvalue weighted by Crippen LogP contribution is -2.01. The van der Waals surface area contributed by atoms with Crippen LogP contribution in [0.1, 0.15) is 21.5 Å². The molecule has 100 valence electrons. The summed E-state index contributed by atoms with van der Waals surface area (Å²) in [6, 6.07) is 9.34. The molecule has 1 atom stereocenters. The SMILES string of the molecule is COc1ccc(F)cc1C(Br)c1cccc(C)c1F. The van der Waals surface area contributed by atoms with Gasteiger partial charge in [-0.25, -0.2) is 8.78 Å². The number of rotatable bonds is 3. The van der Waals surface area contributed by atoms with Crippen LogP contribution in [-0.4, -0.2) is 7.11 Å². The normalized spacial score (nSPS) is 12.3. The van der Waals surface area contributed by atoms with E-state index in [1.54, 1.807) is 25.1 Å². The Balaban J connectivity index is 2.52. The highest BCUT2D eigenvalue weighted by Crippen LogP contribution is 2.38. The molecule has 0 fully saturated rings. The maximum Gasteiger partial charge on any atom is 0.130 e. The summed E-state index contributed by atoms with van der Waals surface area (Å²) < 4.78 is 32.7. The van der Waals surface area contributed by atoms with Crippen LogP contribution in [0.3, 0.4) is 0 Å². The Kier molecular flexibility index (Phi) is 4.20. The second-order valence-corrected chi connectivity index (χ2v) is 5.14. The number of hydrogen-bond acceptors (Lipinski definition) is 1. The average molecular weight is 327 g/mol. The number of aryl methyl sites for hydroxylation is 1. The van der Waals surface area contributed by atoms with Crippen LogP contribution < -0.4 is 4.74 Å². The quantitative estimate of drug-likeness (QED) is 0.738. The molecule has 0 amide bonds. The van der Waals surface area contributed by atoms with Gasteiger partial charge in [0.15, 0.2) is 0 Å². The van der Waals surface area contributed by atoms with E-state index in [0.717, 1.165) is 0 Å². The summed E-state index contributed by atoms with van der Waals surface area (Å²) in [4.78, 5) is -0.460. The maximum atomic E-state index is 14.1. The fourth-order valence-electron chi connectivity index (χ4n) is 1.94. The molecule has 0 saturated carbocycles. The van der Waals surface area contributed by atoms with Gasteiger partial charge in [0.05, 0.1) is 11.9 Å². The summed E-state index contributed by atoms with van der Waals surface area (Å²) >= 11 is 3.42. The van der Waals surface area contributed by atoms with Crippen molar-refractivity contribution in [2.24, 2.45) is 0 Å². The number of halogens is 3. The van der Waals surface area contributed by atoms with E-state index in [-0.39, 0.29) is 11.6 Å². The highest BCUT2D eigenvalue weighted by Gasteiger charge is 2.20. The van der Waals surface area contributed by atoms with Gasteiger partial charge in [0.2, 0.25) is 0 Å². The first-order valence-corrected chi connectivity index (χ1v) is 6.68. The summed E-state index contributed by atoms with van der Waals surface area (Å²) in [7, 11) is 1.50. The molecule has 1 nitrogen and oxygen atoms in total. The first kappa shape index (κ1) is 14.0. The maximum absolute atomic E-state index is 14.1. The Morgan fingerprint density at radius 1 is 1.11 bits per heavy atom. The van der Waals surface area contributed by atoms with Gasteiger partial charge >= 0.3 is 0 Å². The predicted molar refractivity (Wildman–Crippen MR) is 74.9 cm³/mol. The van der Waals surface area contributed by atoms with Gasteiger partial charge in [0.1, 0.15) is 17.4 Å². The van der Waals surface area contributed by atoms with Crippen molar-refractivity contribution < 1.29 is 13.5 Å². The molecule has 2 rings (SSSR count). The lowest BCUT2D eigenvalue weighted by Gasteiger charge is -2.16. The third kappa shape index (κ3) is 2.78. The predicted octanol–water partition coefficient (Wildman–Crippen LogP) is 4.77. The molecular weight excluding hydrogens is 314 g/mol. The fourth-order valence-corrected chi connectivity index (χ4v) is 2.65. The monoisotopic (exact) mass is 326 g/mol. The van der Waals surface area contributed by atoms with Crippen LogP contribution in [-0.2, 0) is 0 Å². The van der Waals surface area contributed by atoms with Gasteiger partial charge in [0, 0.05) is 11.1 Å². The Bertz CT molecular complexity index is 599. The molecule has 0 bridgehead atoms. The van der Waals surface area contributed by atoms with Crippen molar-refractivity contribution in [2.75, 3.05) is 7.11 Å². The van der Waals surface area contributed by atoms with Crippen molar-refractivity contribution in [3.63, 3.8) is 0 Å². The molecule has 0 N–H and O–H groups in total. The summed E-state index contributed by atoms with van der Waals surface area (Å²) in [5.74, 6) is -0.159. The van der Waals surface area contributed by atoms with Gasteiger partial charge in [-0.05, 0) is 30.7 Å². The number of methoxy groups -OCH3 is 1. The van der Waals surface area contributed by atoms with Crippen LogP contribution in [0.25, 0.3) is 0 Å². The van der Waals surface area contributed by atoms with E-state index >= 15 is 0 Å². The minimum Gasteiger partial charge on any atom is -0.496 e. The third-order valence-corrected chi connectivity index (χ3v) is 3.95. The van der Waals surface area contributed by atoms with Crippen LogP contribution in [0.4, 0.5) is 8.78 Å². The zero-order valence-corrected chi connectivity index (χ0v) is 12.2. The Labute approximate surface area is 119 Å². The Hall–Kier alpha value is -1.42. The van der Waals surface area contributed by atoms with Crippen LogP contribution in [0.15, 0.2) is 36.4 Å². The van der Waals surface area contributed by atoms with Crippen LogP contribution in [0.5, 0.6) is 5.75 Å². The van der Waals surface area contributed by atoms with Gasteiger partial charge in [-0.1, -0.05) is 34.1 Å². The lowest BCUT2D eigenvalue weighted by molar-refractivity contribution is 0.409. The first-order valence-electron chi connectivity index (χ1n) is 5.77. The van der Waals surface area contributed by atoms with E-state index in [0.29, 0.717) is 22.4 Å². The second kappa shape index (κ2) is 5.70. The molecule has 0 aliphatic rings. The van der Waals surface area contributed by atoms with Crippen molar-refractivity contribution in [1.82, 2.24) is 0 Å². The molecule has 0 aromatic heterocycles. The van der Waals surface area contributed by atoms with E-state index in [4.69, 9.17) is 4.74 Å². The van der Waals surface area contributed by atoms with Gasteiger partial charge < -0.3 is 4.74 Å². The molecule has 19 heavy (non-hydrogen) atoms. The summed E-state index contributed by atoms with van der Waals surface area (Å²) in [6.45, 7) is 1.70. The molecule has 1 unspecified atom stereocenters. The molecule has 0 radical (unpaired) electrons. The minimum atomic E-state index is -0.460. The molecule has 2 aromatic rings. The number of benzene rings is 2. The number of ether oxygens (including phenoxy) is 1. The largest absolute Gasteiger partial charge is 0.496 e. The van der Waals surface area contributed by atoms with Gasteiger partial charge in [-0.15, -0.1) is 0 Å². The Morgan fingerprint density at radius 2 is 1.84 bits per heavy atom. The molecule has 0 spiro atoms. The van der Waals surface area contributed by atoms with Gasteiger partial charge in [-0.3, -0.25) is 0 Å². The average Bonchev–Trinajstić information content (AvgIpc) is 2.41. The van der Waals surface area contributed by atoms with Crippen molar-refractivity contribution in [2.45, 2.75) is 11.8 Å². The van der Waals surface area contributed by atoms with E-state index in [2.05, 4.69) is 15.9 Å². The standard InChI is InChI=1S/C15H13BrF2O/c1-9-4-3-5-11(15(9)18)14(16)12-8-10(17)6-7-13(12)19-2/h3-8,14H,1-2H3. The summed E-state index contributed by atoms with van der Waals surface area (Å²) in [5, 5.41) is 0. The van der Waals surface area contributed by atoms with Crippen LogP contribution in [0.2, 0.25) is 0 Å². The highest BCUT2D eigenvalue weighted by molar-refractivity contribution is 9.09. The third-order valence-electron chi connectivity index (χ3n) is 2.96. The molecule has 0 aliphatic heterocycles. The van der Waals surface area contributed by atoms with E-state index in [1.165, 1.54) is 25.3 Å². The molecule has 2 aromatic carbocycles. The Morgan fingerprint density at radius 3 is 2.53 bits per heavy atom. The fraction of sp³-hybridized carbons (Fsp3) is 0.200. The van der Waals surface area contributed by atoms with Crippen molar-refractivity contribution >= 4 is 15.9 Å². The smallest absolute Gasteiger partial charge is 0.130 e. The number of alkyl halides is 1. The van der Waals surface area contributed by atoms with E-state index in [9.17, 15) is 8.78 Å². The van der Waals surface area contributed by atoms with Crippen LogP contribution >= 0.6 is 15.9 Å². The molecule has 4 heteroatoms. The summed E-state index contributed by atoms with van der Waals surface area (Å²) in [6.07, 6.45) is 0. The zero-order chi connectivity index (χ0) is 14.0. The summed E-state index contributed by atoms with van der Waals surface area (Å²) in [5.41, 5.74) is 1.58. The van der Waals surface area contributed by atoms with E-state index < -0.39 is 4.83 Å². The number of hydrogen-bond donors (Lipinski definition) is 0. The highest BCUT2D eigenvalue weighted by atomic mass is 79.9. The second-order valence-electron chi connectivity index (χ2n) is 4.23. The first-order chi connectivity index (χ1) is 9.04. The van der Waals surface area contributed by atoms with Crippen molar-refractivity contribution in [1.29, 1.82) is 0 Å². The lowest BCUT2D eigenvalue weighted by atomic mass is 10.0. The van der Waals surface area contributed by atoms with Crippen molar-refractivity contribution in [3.05, 3.63) is 64.7 Å². The van der Waals surface area contributed by atoms with Crippen LogP contribution in [0, 0.1) is 18.6 Å². The minimum absolute atomic E-state index is 0.296. The van der Waals surface area contributed by atoms with Gasteiger partial charge in [-0.2, -0.15) is 0 Å². The molecule has 0 aliphatic carbocycles. The molecular formula is C15H13BrF2O. The van der Waals surface area contributed by atoms with E-state index in [1.807, 2.05) is 0 Å². The molecule has 0 heterocycles. The molecule has 0 saturated heterocycles. The zero-order valence-electron chi connectivity index (χ0n) is 10.6.